The molecule has 5 nitrogen and oxygen atoms in total. The summed E-state index contributed by atoms with van der Waals surface area (Å²) in [6.07, 6.45) is 2.03. The van der Waals surface area contributed by atoms with Gasteiger partial charge in [0.05, 0.1) is 11.7 Å². The van der Waals surface area contributed by atoms with Crippen LogP contribution in [0.25, 0.3) is 0 Å². The number of piperidine rings is 1. The number of nitrogens with zero attached hydrogens (tertiary/aromatic N) is 1. The Morgan fingerprint density at radius 3 is 2.85 bits per heavy atom. The summed E-state index contributed by atoms with van der Waals surface area (Å²) in [6, 6.07) is 2.14. The van der Waals surface area contributed by atoms with Gasteiger partial charge in [-0.3, -0.25) is 4.79 Å². The number of hydrogen-bond donors (Lipinski definition) is 2. The molecule has 0 atom stereocenters. The third-order valence-electron chi connectivity index (χ3n) is 3.49. The van der Waals surface area contributed by atoms with Gasteiger partial charge < -0.3 is 15.4 Å². The summed E-state index contributed by atoms with van der Waals surface area (Å²) in [6.45, 7) is 5.77. The van der Waals surface area contributed by atoms with Crippen LogP contribution in [-0.2, 0) is 9.53 Å². The fraction of sp³-hybridized carbons (Fsp3) is 0.571. The van der Waals surface area contributed by atoms with Crippen molar-refractivity contribution in [1.82, 2.24) is 5.32 Å². The van der Waals surface area contributed by atoms with Gasteiger partial charge >= 0.3 is 0 Å². The molecule has 0 unspecified atom stereocenters. The number of carbonyl (C=O) groups excluding carboxylic acids is 1. The van der Waals surface area contributed by atoms with Gasteiger partial charge in [-0.25, -0.2) is 0 Å². The molecule has 0 spiro atoms. The number of hydrogen-bond acceptors (Lipinski definition) is 5. The van der Waals surface area contributed by atoms with Crippen molar-refractivity contribution in [2.24, 2.45) is 0 Å². The van der Waals surface area contributed by atoms with Crippen LogP contribution < -0.4 is 10.6 Å². The van der Waals surface area contributed by atoms with Gasteiger partial charge in [0.2, 0.25) is 0 Å². The Labute approximate surface area is 122 Å². The number of amides is 1. The van der Waals surface area contributed by atoms with Gasteiger partial charge in [-0.15, -0.1) is 11.3 Å². The van der Waals surface area contributed by atoms with Crippen LogP contribution in [0.5, 0.6) is 0 Å². The number of carbonyl (C=O) groups is 1. The first kappa shape index (κ1) is 15.0. The minimum absolute atomic E-state index is 0.0472. The van der Waals surface area contributed by atoms with E-state index in [1.54, 1.807) is 0 Å². The lowest BCUT2D eigenvalue weighted by Crippen LogP contribution is -2.34. The maximum Gasteiger partial charge on any atom is 0.251 e. The molecule has 0 saturated carbocycles. The summed E-state index contributed by atoms with van der Waals surface area (Å²) in [5.74, 6) is -0.193. The average Bonchev–Trinajstić information content (AvgIpc) is 2.72. The van der Waals surface area contributed by atoms with Crippen LogP contribution in [0.2, 0.25) is 0 Å². The van der Waals surface area contributed by atoms with Gasteiger partial charge in [0.1, 0.15) is 17.7 Å². The number of ether oxygens (including phenoxy) is 1. The molecule has 1 aromatic heterocycles. The lowest BCUT2D eigenvalue weighted by atomic mass is 10.1. The summed E-state index contributed by atoms with van der Waals surface area (Å²) < 4.78 is 5.60. The highest BCUT2D eigenvalue weighted by Gasteiger charge is 2.17. The molecule has 1 saturated heterocycles. The van der Waals surface area contributed by atoms with Gasteiger partial charge in [0.25, 0.3) is 5.91 Å². The summed E-state index contributed by atoms with van der Waals surface area (Å²) in [5.41, 5.74) is 1.50. The molecule has 20 heavy (non-hydrogen) atoms. The van der Waals surface area contributed by atoms with E-state index < -0.39 is 0 Å². The Bertz CT molecular complexity index is 527. The minimum atomic E-state index is -0.193. The number of nitriles is 1. The van der Waals surface area contributed by atoms with Crippen molar-refractivity contribution < 1.29 is 9.53 Å². The minimum Gasteiger partial charge on any atom is -0.368 e. The van der Waals surface area contributed by atoms with Crippen molar-refractivity contribution in [3.05, 3.63) is 16.0 Å². The van der Waals surface area contributed by atoms with Gasteiger partial charge in [0.15, 0.2) is 0 Å². The maximum absolute atomic E-state index is 11.9. The van der Waals surface area contributed by atoms with E-state index in [0.29, 0.717) is 10.6 Å². The first-order valence-corrected chi connectivity index (χ1v) is 7.55. The van der Waals surface area contributed by atoms with E-state index >= 15 is 0 Å². The molecule has 0 aliphatic carbocycles. The van der Waals surface area contributed by atoms with Crippen LogP contribution in [0.4, 0.5) is 5.00 Å². The van der Waals surface area contributed by atoms with E-state index in [2.05, 4.69) is 16.7 Å². The maximum atomic E-state index is 11.9. The Balaban J connectivity index is 1.88. The van der Waals surface area contributed by atoms with Crippen molar-refractivity contribution in [2.75, 3.05) is 25.0 Å². The fourth-order valence-electron chi connectivity index (χ4n) is 2.17. The highest BCUT2D eigenvalue weighted by Crippen LogP contribution is 2.31. The Morgan fingerprint density at radius 2 is 2.20 bits per heavy atom. The predicted molar refractivity (Wildman–Crippen MR) is 79.0 cm³/mol. The predicted octanol–water partition coefficient (Wildman–Crippen LogP) is 1.94. The number of aryl methyl sites for hydroxylation is 1. The summed E-state index contributed by atoms with van der Waals surface area (Å²) >= 11 is 1.44. The topological polar surface area (TPSA) is 74.2 Å². The molecule has 0 bridgehead atoms. The van der Waals surface area contributed by atoms with E-state index in [0.717, 1.165) is 36.4 Å². The van der Waals surface area contributed by atoms with E-state index in [9.17, 15) is 4.79 Å². The second-order valence-corrected chi connectivity index (χ2v) is 6.13. The molecule has 1 amide bonds. The standard InChI is InChI=1S/C14H19N3O2S/c1-9-10(2)20-14(12(9)7-15)17-13(18)8-19-11-3-5-16-6-4-11/h11,16H,3-6,8H2,1-2H3,(H,17,18). The Hall–Kier alpha value is -1.42. The third kappa shape index (κ3) is 3.57. The lowest BCUT2D eigenvalue weighted by Gasteiger charge is -2.22. The number of anilines is 1. The van der Waals surface area contributed by atoms with Crippen molar-refractivity contribution in [1.29, 1.82) is 5.26 Å². The third-order valence-corrected chi connectivity index (χ3v) is 4.61. The van der Waals surface area contributed by atoms with Crippen molar-refractivity contribution in [3.8, 4) is 6.07 Å². The molecule has 0 radical (unpaired) electrons. The van der Waals surface area contributed by atoms with Crippen LogP contribution >= 0.6 is 11.3 Å². The molecule has 1 aliphatic rings. The number of rotatable bonds is 4. The summed E-state index contributed by atoms with van der Waals surface area (Å²) in [7, 11) is 0. The number of nitrogens with one attached hydrogen (secondary N) is 2. The van der Waals surface area contributed by atoms with Crippen LogP contribution in [-0.4, -0.2) is 31.7 Å². The zero-order chi connectivity index (χ0) is 14.5. The van der Waals surface area contributed by atoms with Crippen LogP contribution in [0, 0.1) is 25.2 Å². The second-order valence-electron chi connectivity index (χ2n) is 4.91. The monoisotopic (exact) mass is 293 g/mol. The van der Waals surface area contributed by atoms with E-state index in [1.807, 2.05) is 13.8 Å². The molecule has 1 aromatic rings. The van der Waals surface area contributed by atoms with E-state index in [4.69, 9.17) is 10.00 Å². The first-order valence-electron chi connectivity index (χ1n) is 6.74. The van der Waals surface area contributed by atoms with Crippen molar-refractivity contribution in [3.63, 3.8) is 0 Å². The molecule has 108 valence electrons. The lowest BCUT2D eigenvalue weighted by molar-refractivity contribution is -0.123. The zero-order valence-corrected chi connectivity index (χ0v) is 12.6. The van der Waals surface area contributed by atoms with Gasteiger partial charge in [-0.05, 0) is 45.3 Å². The fourth-order valence-corrected chi connectivity index (χ4v) is 3.19. The quantitative estimate of drug-likeness (QED) is 0.889. The molecular weight excluding hydrogens is 274 g/mol. The molecule has 1 aliphatic heterocycles. The molecule has 1 fully saturated rings. The molecule has 6 heteroatoms. The largest absolute Gasteiger partial charge is 0.368 e. The van der Waals surface area contributed by atoms with Crippen LogP contribution in [0.3, 0.4) is 0 Å². The summed E-state index contributed by atoms with van der Waals surface area (Å²) in [5, 5.41) is 15.8. The van der Waals surface area contributed by atoms with Gasteiger partial charge in [0, 0.05) is 4.88 Å². The summed E-state index contributed by atoms with van der Waals surface area (Å²) in [4.78, 5) is 12.9. The molecular formula is C14H19N3O2S. The Kier molecular flexibility index (Phi) is 5.12. The highest BCUT2D eigenvalue weighted by molar-refractivity contribution is 7.16. The van der Waals surface area contributed by atoms with E-state index in [1.165, 1.54) is 11.3 Å². The average molecular weight is 293 g/mol. The number of thiophene rings is 1. The molecule has 2 rings (SSSR count). The zero-order valence-electron chi connectivity index (χ0n) is 11.8. The van der Waals surface area contributed by atoms with E-state index in [-0.39, 0.29) is 18.6 Å². The van der Waals surface area contributed by atoms with Crippen LogP contribution in [0.1, 0.15) is 28.8 Å². The van der Waals surface area contributed by atoms with Crippen LogP contribution in [0.15, 0.2) is 0 Å². The van der Waals surface area contributed by atoms with Gasteiger partial charge in [-0.2, -0.15) is 5.26 Å². The van der Waals surface area contributed by atoms with Crippen molar-refractivity contribution >= 4 is 22.2 Å². The second kappa shape index (κ2) is 6.84. The normalized spacial score (nSPS) is 15.8. The first-order chi connectivity index (χ1) is 9.61. The van der Waals surface area contributed by atoms with Gasteiger partial charge in [-0.1, -0.05) is 0 Å². The molecule has 2 heterocycles. The Morgan fingerprint density at radius 1 is 1.50 bits per heavy atom. The molecule has 0 aromatic carbocycles. The highest BCUT2D eigenvalue weighted by atomic mass is 32.1. The smallest absolute Gasteiger partial charge is 0.251 e. The SMILES string of the molecule is Cc1sc(NC(=O)COC2CCNCC2)c(C#N)c1C. The van der Waals surface area contributed by atoms with Crippen molar-refractivity contribution in [2.45, 2.75) is 32.8 Å². The molecule has 2 N–H and O–H groups in total.